The van der Waals surface area contributed by atoms with Crippen molar-refractivity contribution in [1.82, 2.24) is 0 Å². The third-order valence-electron chi connectivity index (χ3n) is 3.24. The normalized spacial score (nSPS) is 26.7. The molecular formula is C12H18N2. The highest BCUT2D eigenvalue weighted by atomic mass is 14.8. The topological polar surface area (TPSA) is 52.0 Å². The molecule has 4 N–H and O–H groups in total. The van der Waals surface area contributed by atoms with E-state index in [-0.39, 0.29) is 5.54 Å². The van der Waals surface area contributed by atoms with Gasteiger partial charge >= 0.3 is 0 Å². The summed E-state index contributed by atoms with van der Waals surface area (Å²) in [4.78, 5) is 0. The maximum Gasteiger partial charge on any atom is 0.0536 e. The van der Waals surface area contributed by atoms with Crippen molar-refractivity contribution in [3.8, 4) is 0 Å². The van der Waals surface area contributed by atoms with Gasteiger partial charge in [0.25, 0.3) is 0 Å². The molecule has 14 heavy (non-hydrogen) atoms. The zero-order valence-electron chi connectivity index (χ0n) is 8.50. The molecule has 0 spiro atoms. The summed E-state index contributed by atoms with van der Waals surface area (Å²) in [5, 5.41) is 0. The van der Waals surface area contributed by atoms with E-state index in [1.807, 2.05) is 0 Å². The number of hydrogen-bond donors (Lipinski definition) is 2. The molecule has 0 saturated carbocycles. The van der Waals surface area contributed by atoms with Crippen LogP contribution in [0.1, 0.15) is 30.4 Å². The largest absolute Gasteiger partial charge is 0.328 e. The van der Waals surface area contributed by atoms with E-state index >= 15 is 0 Å². The van der Waals surface area contributed by atoms with Crippen LogP contribution < -0.4 is 11.5 Å². The third-order valence-corrected chi connectivity index (χ3v) is 3.24. The lowest BCUT2D eigenvalue weighted by Crippen LogP contribution is -2.44. The monoisotopic (exact) mass is 190 g/mol. The lowest BCUT2D eigenvalue weighted by molar-refractivity contribution is 0.412. The molecule has 0 fully saturated rings. The second kappa shape index (κ2) is 3.71. The number of rotatable bonds is 1. The van der Waals surface area contributed by atoms with Crippen LogP contribution >= 0.6 is 0 Å². The zero-order valence-corrected chi connectivity index (χ0v) is 8.50. The van der Waals surface area contributed by atoms with E-state index < -0.39 is 0 Å². The summed E-state index contributed by atoms with van der Waals surface area (Å²) in [6.45, 7) is 0.546. The molecule has 1 atom stereocenters. The molecule has 0 aliphatic heterocycles. The predicted molar refractivity (Wildman–Crippen MR) is 58.9 cm³/mol. The third kappa shape index (κ3) is 1.56. The summed E-state index contributed by atoms with van der Waals surface area (Å²) in [5.41, 5.74) is 14.5. The lowest BCUT2D eigenvalue weighted by atomic mass is 9.85. The van der Waals surface area contributed by atoms with Gasteiger partial charge in [0.15, 0.2) is 0 Å². The molecule has 0 heterocycles. The van der Waals surface area contributed by atoms with Crippen LogP contribution in [-0.4, -0.2) is 6.54 Å². The van der Waals surface area contributed by atoms with Gasteiger partial charge in [-0.25, -0.2) is 0 Å². The minimum absolute atomic E-state index is 0.285. The summed E-state index contributed by atoms with van der Waals surface area (Å²) in [5.74, 6) is 0. The minimum atomic E-state index is -0.285. The van der Waals surface area contributed by atoms with Crippen LogP contribution in [0.2, 0.25) is 0 Å². The van der Waals surface area contributed by atoms with Crippen molar-refractivity contribution < 1.29 is 0 Å². The Balaban J connectivity index is 2.47. The van der Waals surface area contributed by atoms with Crippen LogP contribution in [0.25, 0.3) is 0 Å². The number of aryl methyl sites for hydroxylation is 1. The Kier molecular flexibility index (Phi) is 2.57. The van der Waals surface area contributed by atoms with Gasteiger partial charge in [0.2, 0.25) is 0 Å². The van der Waals surface area contributed by atoms with Gasteiger partial charge in [-0.15, -0.1) is 0 Å². The maximum atomic E-state index is 6.34. The molecule has 1 unspecified atom stereocenters. The fourth-order valence-electron chi connectivity index (χ4n) is 2.33. The lowest BCUT2D eigenvalue weighted by Gasteiger charge is -2.28. The SMILES string of the molecule is NCC1(N)CCCCc2ccccc21. The maximum absolute atomic E-state index is 6.34. The molecule has 0 radical (unpaired) electrons. The Morgan fingerprint density at radius 3 is 2.79 bits per heavy atom. The van der Waals surface area contributed by atoms with E-state index in [0.29, 0.717) is 6.54 Å². The van der Waals surface area contributed by atoms with Gasteiger partial charge in [-0.05, 0) is 30.4 Å². The molecule has 2 nitrogen and oxygen atoms in total. The molecule has 76 valence electrons. The average molecular weight is 190 g/mol. The van der Waals surface area contributed by atoms with Gasteiger partial charge < -0.3 is 11.5 Å². The van der Waals surface area contributed by atoms with Crippen molar-refractivity contribution in [3.63, 3.8) is 0 Å². The van der Waals surface area contributed by atoms with Crippen LogP contribution in [0.5, 0.6) is 0 Å². The van der Waals surface area contributed by atoms with Gasteiger partial charge in [-0.3, -0.25) is 0 Å². The van der Waals surface area contributed by atoms with Crippen molar-refractivity contribution >= 4 is 0 Å². The molecule has 2 heteroatoms. The number of nitrogens with two attached hydrogens (primary N) is 2. The van der Waals surface area contributed by atoms with Crippen LogP contribution in [0.15, 0.2) is 24.3 Å². The van der Waals surface area contributed by atoms with Crippen LogP contribution in [-0.2, 0) is 12.0 Å². The average Bonchev–Trinajstić information content (AvgIpc) is 2.40. The van der Waals surface area contributed by atoms with E-state index in [4.69, 9.17) is 11.5 Å². The minimum Gasteiger partial charge on any atom is -0.328 e. The van der Waals surface area contributed by atoms with Crippen molar-refractivity contribution in [3.05, 3.63) is 35.4 Å². The second-order valence-corrected chi connectivity index (χ2v) is 4.22. The standard InChI is InChI=1S/C12H18N2/c13-9-12(14)8-4-3-6-10-5-1-2-7-11(10)12/h1-2,5,7H,3-4,6,8-9,13-14H2. The van der Waals surface area contributed by atoms with Gasteiger partial charge in [-0.1, -0.05) is 30.7 Å². The molecule has 0 aromatic heterocycles. The van der Waals surface area contributed by atoms with E-state index in [2.05, 4.69) is 24.3 Å². The molecule has 1 aliphatic carbocycles. The Bertz CT molecular complexity index is 322. The summed E-state index contributed by atoms with van der Waals surface area (Å²) in [6, 6.07) is 8.45. The Morgan fingerprint density at radius 2 is 2.00 bits per heavy atom. The Hall–Kier alpha value is -0.860. The van der Waals surface area contributed by atoms with Gasteiger partial charge in [0.1, 0.15) is 0 Å². The molecule has 0 bridgehead atoms. The Morgan fingerprint density at radius 1 is 1.21 bits per heavy atom. The summed E-state index contributed by atoms with van der Waals surface area (Å²) in [7, 11) is 0. The van der Waals surface area contributed by atoms with Crippen LogP contribution in [0.3, 0.4) is 0 Å². The zero-order chi connectivity index (χ0) is 10.0. The van der Waals surface area contributed by atoms with Gasteiger partial charge in [0, 0.05) is 6.54 Å². The first-order valence-corrected chi connectivity index (χ1v) is 5.33. The van der Waals surface area contributed by atoms with Crippen molar-refractivity contribution in [2.75, 3.05) is 6.54 Å². The van der Waals surface area contributed by atoms with Crippen molar-refractivity contribution in [2.24, 2.45) is 11.5 Å². The molecule has 1 aromatic rings. The predicted octanol–water partition coefficient (Wildman–Crippen LogP) is 1.53. The smallest absolute Gasteiger partial charge is 0.0536 e. The molecule has 0 amide bonds. The fourth-order valence-corrected chi connectivity index (χ4v) is 2.33. The highest BCUT2D eigenvalue weighted by molar-refractivity contribution is 5.35. The fraction of sp³-hybridized carbons (Fsp3) is 0.500. The first kappa shape index (κ1) is 9.69. The number of fused-ring (bicyclic) bond motifs is 1. The van der Waals surface area contributed by atoms with E-state index in [0.717, 1.165) is 12.8 Å². The molecule has 1 aliphatic rings. The van der Waals surface area contributed by atoms with E-state index in [1.165, 1.54) is 24.0 Å². The second-order valence-electron chi connectivity index (χ2n) is 4.22. The van der Waals surface area contributed by atoms with E-state index in [1.54, 1.807) is 0 Å². The van der Waals surface area contributed by atoms with Crippen molar-refractivity contribution in [1.29, 1.82) is 0 Å². The van der Waals surface area contributed by atoms with Gasteiger partial charge in [-0.2, -0.15) is 0 Å². The summed E-state index contributed by atoms with van der Waals surface area (Å²) < 4.78 is 0. The first-order valence-electron chi connectivity index (χ1n) is 5.33. The highest BCUT2D eigenvalue weighted by Gasteiger charge is 2.29. The quantitative estimate of drug-likeness (QED) is 0.660. The Labute approximate surface area is 85.3 Å². The van der Waals surface area contributed by atoms with Crippen LogP contribution in [0.4, 0.5) is 0 Å². The summed E-state index contributed by atoms with van der Waals surface area (Å²) in [6.07, 6.45) is 4.58. The number of benzene rings is 1. The number of hydrogen-bond acceptors (Lipinski definition) is 2. The summed E-state index contributed by atoms with van der Waals surface area (Å²) >= 11 is 0. The molecule has 2 rings (SSSR count). The van der Waals surface area contributed by atoms with Crippen LogP contribution in [0, 0.1) is 0 Å². The molecule has 1 aromatic carbocycles. The first-order chi connectivity index (χ1) is 6.76. The molecule has 0 saturated heterocycles. The van der Waals surface area contributed by atoms with Gasteiger partial charge in [0.05, 0.1) is 5.54 Å². The molecular weight excluding hydrogens is 172 g/mol. The van der Waals surface area contributed by atoms with E-state index in [9.17, 15) is 0 Å². The highest BCUT2D eigenvalue weighted by Crippen LogP contribution is 2.31. The van der Waals surface area contributed by atoms with Crippen molar-refractivity contribution in [2.45, 2.75) is 31.2 Å².